The number of nitrogens with zero attached hydrogens (tertiary/aromatic N) is 1. The van der Waals surface area contributed by atoms with Crippen molar-refractivity contribution in [1.82, 2.24) is 10.3 Å². The number of benzene rings is 1. The lowest BCUT2D eigenvalue weighted by Crippen LogP contribution is -2.32. The van der Waals surface area contributed by atoms with Crippen molar-refractivity contribution in [3.8, 4) is 11.3 Å². The van der Waals surface area contributed by atoms with Gasteiger partial charge >= 0.3 is 5.97 Å². The average Bonchev–Trinajstić information content (AvgIpc) is 3.40. The smallest absolute Gasteiger partial charge is 0.309 e. The van der Waals surface area contributed by atoms with E-state index in [0.717, 1.165) is 16.1 Å². The highest BCUT2D eigenvalue weighted by Crippen LogP contribution is 2.25. The Hall–Kier alpha value is -3.04. The van der Waals surface area contributed by atoms with Crippen LogP contribution in [0.3, 0.4) is 0 Å². The molecule has 2 amide bonds. The molecule has 0 radical (unpaired) electrons. The molecule has 2 atom stereocenters. The number of carbonyl (C=O) groups excluding carboxylic acids is 3. The molecule has 0 aliphatic heterocycles. The number of thiophene rings is 1. The zero-order valence-electron chi connectivity index (χ0n) is 16.5. The van der Waals surface area contributed by atoms with Crippen LogP contribution in [0.1, 0.15) is 31.2 Å². The molecule has 0 aliphatic carbocycles. The molecule has 2 N–H and O–H groups in total. The molecule has 0 fully saturated rings. The molecule has 0 bridgehead atoms. The van der Waals surface area contributed by atoms with Gasteiger partial charge in [-0.05, 0) is 18.4 Å². The molecule has 2 heterocycles. The van der Waals surface area contributed by atoms with Crippen LogP contribution >= 0.6 is 22.7 Å². The summed E-state index contributed by atoms with van der Waals surface area (Å²) in [7, 11) is 0. The summed E-state index contributed by atoms with van der Waals surface area (Å²) in [6.45, 7) is 2.89. The number of rotatable bonds is 8. The number of anilines is 1. The van der Waals surface area contributed by atoms with Gasteiger partial charge in [0.2, 0.25) is 5.91 Å². The van der Waals surface area contributed by atoms with Gasteiger partial charge < -0.3 is 10.1 Å². The minimum absolute atomic E-state index is 0.0624. The standard InChI is InChI=1S/C21H21N3O4S2/c1-13(28-19(26)11-16(22-14(2)25)18-9-6-10-29-18)20(27)24-21-23-17(12-30-21)15-7-4-3-5-8-15/h3-10,12-13,16H,11H2,1-2H3,(H,22,25)(H,23,24,27). The lowest BCUT2D eigenvalue weighted by molar-refractivity contribution is -0.153. The van der Waals surface area contributed by atoms with Gasteiger partial charge in [0.1, 0.15) is 0 Å². The molecule has 9 heteroatoms. The van der Waals surface area contributed by atoms with Crippen molar-refractivity contribution in [2.75, 3.05) is 5.32 Å². The fourth-order valence-corrected chi connectivity index (χ4v) is 4.20. The first-order chi connectivity index (χ1) is 14.4. The first-order valence-electron chi connectivity index (χ1n) is 9.24. The third-order valence-electron chi connectivity index (χ3n) is 4.12. The van der Waals surface area contributed by atoms with Gasteiger partial charge in [0.05, 0.1) is 18.2 Å². The number of aromatic nitrogens is 1. The quantitative estimate of drug-likeness (QED) is 0.513. The van der Waals surface area contributed by atoms with Gasteiger partial charge in [-0.15, -0.1) is 22.7 Å². The maximum absolute atomic E-state index is 12.4. The second-order valence-electron chi connectivity index (χ2n) is 6.50. The van der Waals surface area contributed by atoms with E-state index in [0.29, 0.717) is 5.13 Å². The maximum Gasteiger partial charge on any atom is 0.309 e. The minimum Gasteiger partial charge on any atom is -0.452 e. The summed E-state index contributed by atoms with van der Waals surface area (Å²) in [5.74, 6) is -1.29. The molecule has 0 saturated heterocycles. The Morgan fingerprint density at radius 1 is 1.10 bits per heavy atom. The fourth-order valence-electron chi connectivity index (χ4n) is 2.70. The number of ether oxygens (including phenoxy) is 1. The van der Waals surface area contributed by atoms with Crippen LogP contribution in [0.15, 0.2) is 53.2 Å². The van der Waals surface area contributed by atoms with Crippen molar-refractivity contribution in [2.24, 2.45) is 0 Å². The number of carbonyl (C=O) groups is 3. The molecule has 0 aliphatic rings. The highest BCUT2D eigenvalue weighted by atomic mass is 32.1. The molecule has 30 heavy (non-hydrogen) atoms. The second kappa shape index (κ2) is 10.1. The average molecular weight is 444 g/mol. The van der Waals surface area contributed by atoms with E-state index >= 15 is 0 Å². The van der Waals surface area contributed by atoms with E-state index in [-0.39, 0.29) is 12.3 Å². The van der Waals surface area contributed by atoms with Crippen molar-refractivity contribution in [1.29, 1.82) is 0 Å². The Kier molecular flexibility index (Phi) is 7.31. The van der Waals surface area contributed by atoms with Crippen LogP contribution in [0.4, 0.5) is 5.13 Å². The predicted octanol–water partition coefficient (Wildman–Crippen LogP) is 4.01. The molecule has 3 aromatic rings. The molecule has 2 aromatic heterocycles. The Labute approximate surface area is 182 Å². The van der Waals surface area contributed by atoms with Gasteiger partial charge in [0.15, 0.2) is 11.2 Å². The molecule has 1 aromatic carbocycles. The van der Waals surface area contributed by atoms with Crippen LogP contribution in [0.2, 0.25) is 0 Å². The summed E-state index contributed by atoms with van der Waals surface area (Å²) >= 11 is 2.73. The SMILES string of the molecule is CC(=O)NC(CC(=O)OC(C)C(=O)Nc1nc(-c2ccccc2)cs1)c1cccs1. The molecule has 7 nitrogen and oxygen atoms in total. The summed E-state index contributed by atoms with van der Waals surface area (Å²) < 4.78 is 5.27. The summed E-state index contributed by atoms with van der Waals surface area (Å²) in [6, 6.07) is 12.8. The van der Waals surface area contributed by atoms with Crippen LogP contribution < -0.4 is 10.6 Å². The maximum atomic E-state index is 12.4. The highest BCUT2D eigenvalue weighted by Gasteiger charge is 2.23. The van der Waals surface area contributed by atoms with E-state index in [9.17, 15) is 14.4 Å². The van der Waals surface area contributed by atoms with E-state index in [1.54, 1.807) is 0 Å². The fraction of sp³-hybridized carbons (Fsp3) is 0.238. The van der Waals surface area contributed by atoms with E-state index in [1.165, 1.54) is 36.5 Å². The summed E-state index contributed by atoms with van der Waals surface area (Å²) in [5.41, 5.74) is 1.71. The number of amides is 2. The van der Waals surface area contributed by atoms with Crippen LogP contribution in [-0.4, -0.2) is 28.9 Å². The van der Waals surface area contributed by atoms with Crippen molar-refractivity contribution in [2.45, 2.75) is 32.4 Å². The largest absolute Gasteiger partial charge is 0.452 e. The topological polar surface area (TPSA) is 97.4 Å². The number of hydrogen-bond donors (Lipinski definition) is 2. The number of esters is 1. The van der Waals surface area contributed by atoms with Crippen molar-refractivity contribution in [3.05, 3.63) is 58.1 Å². The van der Waals surface area contributed by atoms with Crippen LogP contribution in [-0.2, 0) is 19.1 Å². The van der Waals surface area contributed by atoms with Crippen LogP contribution in [0, 0.1) is 0 Å². The predicted molar refractivity (Wildman–Crippen MR) is 117 cm³/mol. The van der Waals surface area contributed by atoms with Crippen LogP contribution in [0.5, 0.6) is 0 Å². The Balaban J connectivity index is 1.55. The molecular formula is C21H21N3O4S2. The van der Waals surface area contributed by atoms with E-state index in [4.69, 9.17) is 4.74 Å². The second-order valence-corrected chi connectivity index (χ2v) is 8.34. The van der Waals surface area contributed by atoms with E-state index < -0.39 is 24.0 Å². The first-order valence-corrected chi connectivity index (χ1v) is 11.0. The van der Waals surface area contributed by atoms with Crippen LogP contribution in [0.25, 0.3) is 11.3 Å². The van der Waals surface area contributed by atoms with E-state index in [2.05, 4.69) is 15.6 Å². The first kappa shape index (κ1) is 21.7. The number of nitrogens with one attached hydrogen (secondary N) is 2. The molecule has 156 valence electrons. The van der Waals surface area contributed by atoms with Gasteiger partial charge in [0.25, 0.3) is 5.91 Å². The molecule has 3 rings (SSSR count). The minimum atomic E-state index is -0.997. The third-order valence-corrected chi connectivity index (χ3v) is 5.86. The molecule has 0 saturated carbocycles. The Morgan fingerprint density at radius 2 is 1.87 bits per heavy atom. The van der Waals surface area contributed by atoms with Gasteiger partial charge in [-0.2, -0.15) is 0 Å². The van der Waals surface area contributed by atoms with Gasteiger partial charge in [-0.25, -0.2) is 4.98 Å². The zero-order chi connectivity index (χ0) is 21.5. The molecule has 0 spiro atoms. The van der Waals surface area contributed by atoms with Gasteiger partial charge in [-0.3, -0.25) is 19.7 Å². The lowest BCUT2D eigenvalue weighted by atomic mass is 10.1. The number of hydrogen-bond acceptors (Lipinski definition) is 7. The van der Waals surface area contributed by atoms with E-state index in [1.807, 2.05) is 53.2 Å². The monoisotopic (exact) mass is 443 g/mol. The number of thiazole rings is 1. The lowest BCUT2D eigenvalue weighted by Gasteiger charge is -2.17. The normalized spacial score (nSPS) is 12.6. The summed E-state index contributed by atoms with van der Waals surface area (Å²) in [6.07, 6.45) is -1.06. The molecule has 2 unspecified atom stereocenters. The van der Waals surface area contributed by atoms with Crippen molar-refractivity contribution < 1.29 is 19.1 Å². The zero-order valence-corrected chi connectivity index (χ0v) is 18.1. The highest BCUT2D eigenvalue weighted by molar-refractivity contribution is 7.14. The Morgan fingerprint density at radius 3 is 2.53 bits per heavy atom. The van der Waals surface area contributed by atoms with Crippen molar-refractivity contribution >= 4 is 45.6 Å². The summed E-state index contributed by atoms with van der Waals surface area (Å²) in [5, 5.41) is 9.55. The van der Waals surface area contributed by atoms with Gasteiger partial charge in [-0.1, -0.05) is 36.4 Å². The summed E-state index contributed by atoms with van der Waals surface area (Å²) in [4.78, 5) is 41.4. The van der Waals surface area contributed by atoms with Gasteiger partial charge in [0, 0.05) is 22.7 Å². The third kappa shape index (κ3) is 5.98. The Bertz CT molecular complexity index is 1000. The molecular weight excluding hydrogens is 422 g/mol. The van der Waals surface area contributed by atoms with Crippen molar-refractivity contribution in [3.63, 3.8) is 0 Å².